The summed E-state index contributed by atoms with van der Waals surface area (Å²) in [6.45, 7) is 7.22. The summed E-state index contributed by atoms with van der Waals surface area (Å²) in [5.74, 6) is -0.883. The van der Waals surface area contributed by atoms with Gasteiger partial charge < -0.3 is 11.1 Å². The third kappa shape index (κ3) is 3.76. The van der Waals surface area contributed by atoms with Crippen LogP contribution in [-0.2, 0) is 16.8 Å². The van der Waals surface area contributed by atoms with Gasteiger partial charge in [-0.1, -0.05) is 12.1 Å². The highest BCUT2D eigenvalue weighted by molar-refractivity contribution is 6.01. The summed E-state index contributed by atoms with van der Waals surface area (Å²) in [7, 11) is 1.56. The lowest BCUT2D eigenvalue weighted by atomic mass is 9.67. The van der Waals surface area contributed by atoms with Crippen molar-refractivity contribution in [1.82, 2.24) is 4.90 Å². The number of aliphatic imine (C=N–C) groups is 1. The summed E-state index contributed by atoms with van der Waals surface area (Å²) >= 11 is 0. The second-order valence-corrected chi connectivity index (χ2v) is 8.60. The molecule has 0 spiro atoms. The van der Waals surface area contributed by atoms with Crippen LogP contribution in [0.5, 0.6) is 0 Å². The van der Waals surface area contributed by atoms with E-state index in [1.807, 2.05) is 6.92 Å². The predicted octanol–water partition coefficient (Wildman–Crippen LogP) is 4.04. The minimum atomic E-state index is -1.16. The van der Waals surface area contributed by atoms with Gasteiger partial charge in [0.25, 0.3) is 0 Å². The monoisotopic (exact) mass is 414 g/mol. The van der Waals surface area contributed by atoms with Gasteiger partial charge in [-0.3, -0.25) is 9.69 Å². The van der Waals surface area contributed by atoms with Crippen LogP contribution in [0.25, 0.3) is 0 Å². The highest BCUT2D eigenvalue weighted by Crippen LogP contribution is 2.47. The number of anilines is 1. The number of hydrogen-bond acceptors (Lipinski definition) is 4. The maximum Gasteiger partial charge on any atom is 0.237 e. The Morgan fingerprint density at radius 1 is 1.13 bits per heavy atom. The number of hydrogen-bond donors (Lipinski definition) is 2. The predicted molar refractivity (Wildman–Crippen MR) is 115 cm³/mol. The van der Waals surface area contributed by atoms with Crippen LogP contribution in [0.1, 0.15) is 38.8 Å². The van der Waals surface area contributed by atoms with Crippen molar-refractivity contribution in [2.45, 2.75) is 45.7 Å². The topological polar surface area (TPSA) is 70.7 Å². The van der Waals surface area contributed by atoms with Crippen molar-refractivity contribution in [2.24, 2.45) is 16.1 Å². The third-order valence-electron chi connectivity index (χ3n) is 6.10. The second kappa shape index (κ2) is 7.70. The van der Waals surface area contributed by atoms with Gasteiger partial charge in [-0.25, -0.2) is 13.8 Å². The SMILES string of the molecule is CC(Cc1ccc(F)cc1)Nc1ccc(F)c(C2(C)N=C(N)N(C)C(=O)C2(C)C)c1. The van der Waals surface area contributed by atoms with Crippen molar-refractivity contribution in [3.8, 4) is 0 Å². The van der Waals surface area contributed by atoms with Crippen LogP contribution >= 0.6 is 0 Å². The minimum absolute atomic E-state index is 0.0160. The number of nitrogens with one attached hydrogen (secondary N) is 1. The van der Waals surface area contributed by atoms with Gasteiger partial charge in [0.05, 0.1) is 5.41 Å². The largest absolute Gasteiger partial charge is 0.382 e. The summed E-state index contributed by atoms with van der Waals surface area (Å²) in [4.78, 5) is 18.7. The number of guanidine groups is 1. The number of benzene rings is 2. The molecule has 0 aromatic heterocycles. The molecule has 2 atom stereocenters. The Balaban J connectivity index is 1.91. The molecular formula is C23H28F2N4O. The zero-order chi connectivity index (χ0) is 22.3. The normalized spacial score (nSPS) is 21.9. The van der Waals surface area contributed by atoms with Crippen molar-refractivity contribution in [2.75, 3.05) is 12.4 Å². The smallest absolute Gasteiger partial charge is 0.237 e. The fraction of sp³-hybridized carbons (Fsp3) is 0.391. The van der Waals surface area contributed by atoms with Gasteiger partial charge in [0.1, 0.15) is 17.2 Å². The molecule has 160 valence electrons. The molecule has 7 heteroatoms. The van der Waals surface area contributed by atoms with Gasteiger partial charge in [-0.2, -0.15) is 0 Å². The van der Waals surface area contributed by atoms with Crippen LogP contribution < -0.4 is 11.1 Å². The summed E-state index contributed by atoms with van der Waals surface area (Å²) in [5.41, 5.74) is 5.80. The maximum absolute atomic E-state index is 14.9. The van der Waals surface area contributed by atoms with E-state index >= 15 is 0 Å². The summed E-state index contributed by atoms with van der Waals surface area (Å²) < 4.78 is 28.0. The number of rotatable bonds is 5. The van der Waals surface area contributed by atoms with E-state index in [0.29, 0.717) is 17.7 Å². The van der Waals surface area contributed by atoms with Crippen molar-refractivity contribution < 1.29 is 13.6 Å². The average Bonchev–Trinajstić information content (AvgIpc) is 2.68. The average molecular weight is 415 g/mol. The first-order chi connectivity index (χ1) is 14.0. The van der Waals surface area contributed by atoms with Gasteiger partial charge in [0, 0.05) is 24.3 Å². The van der Waals surface area contributed by atoms with Gasteiger partial charge in [0.2, 0.25) is 5.91 Å². The molecule has 30 heavy (non-hydrogen) atoms. The molecule has 2 aromatic rings. The number of nitrogens with zero attached hydrogens (tertiary/aromatic N) is 2. The summed E-state index contributed by atoms with van der Waals surface area (Å²) in [6.07, 6.45) is 0.671. The van der Waals surface area contributed by atoms with Crippen molar-refractivity contribution >= 4 is 17.6 Å². The number of carbonyl (C=O) groups excluding carboxylic acids is 1. The first kappa shape index (κ1) is 21.7. The lowest BCUT2D eigenvalue weighted by molar-refractivity contribution is -0.140. The second-order valence-electron chi connectivity index (χ2n) is 8.60. The highest BCUT2D eigenvalue weighted by atomic mass is 19.1. The molecule has 1 heterocycles. The number of carbonyl (C=O) groups is 1. The number of halogens is 2. The lowest BCUT2D eigenvalue weighted by Gasteiger charge is -2.46. The molecule has 0 saturated carbocycles. The molecule has 3 N–H and O–H groups in total. The Morgan fingerprint density at radius 2 is 1.77 bits per heavy atom. The van der Waals surface area contributed by atoms with E-state index in [1.54, 1.807) is 52.1 Å². The van der Waals surface area contributed by atoms with Crippen LogP contribution in [0, 0.1) is 17.0 Å². The molecule has 2 aromatic carbocycles. The molecule has 1 amide bonds. The van der Waals surface area contributed by atoms with Crippen LogP contribution in [0.3, 0.4) is 0 Å². The van der Waals surface area contributed by atoms with E-state index in [2.05, 4.69) is 10.3 Å². The first-order valence-corrected chi connectivity index (χ1v) is 9.90. The van der Waals surface area contributed by atoms with Crippen molar-refractivity contribution in [3.63, 3.8) is 0 Å². The van der Waals surface area contributed by atoms with Crippen LogP contribution in [0.4, 0.5) is 14.5 Å². The van der Waals surface area contributed by atoms with E-state index in [1.165, 1.54) is 23.1 Å². The summed E-state index contributed by atoms with van der Waals surface area (Å²) in [6, 6.07) is 11.1. The van der Waals surface area contributed by atoms with E-state index < -0.39 is 16.8 Å². The zero-order valence-electron chi connectivity index (χ0n) is 18.0. The van der Waals surface area contributed by atoms with Crippen LogP contribution in [0.2, 0.25) is 0 Å². The van der Waals surface area contributed by atoms with E-state index in [-0.39, 0.29) is 23.7 Å². The van der Waals surface area contributed by atoms with Crippen LogP contribution in [-0.4, -0.2) is 29.9 Å². The van der Waals surface area contributed by atoms with Crippen molar-refractivity contribution in [3.05, 3.63) is 65.2 Å². The quantitative estimate of drug-likeness (QED) is 0.776. The molecule has 0 aliphatic carbocycles. The van der Waals surface area contributed by atoms with Gasteiger partial charge >= 0.3 is 0 Å². The Morgan fingerprint density at radius 3 is 2.40 bits per heavy atom. The molecule has 5 nitrogen and oxygen atoms in total. The summed E-state index contributed by atoms with van der Waals surface area (Å²) in [5, 5.41) is 3.35. The first-order valence-electron chi connectivity index (χ1n) is 9.90. The van der Waals surface area contributed by atoms with E-state index in [0.717, 1.165) is 5.56 Å². The third-order valence-corrected chi connectivity index (χ3v) is 6.10. The lowest BCUT2D eigenvalue weighted by Crippen LogP contribution is -2.58. The molecule has 2 unspecified atom stereocenters. The Kier molecular flexibility index (Phi) is 5.58. The minimum Gasteiger partial charge on any atom is -0.382 e. The van der Waals surface area contributed by atoms with Gasteiger partial charge in [0.15, 0.2) is 5.96 Å². The fourth-order valence-electron chi connectivity index (χ4n) is 3.87. The molecule has 1 aliphatic heterocycles. The number of amides is 1. The maximum atomic E-state index is 14.9. The Hall–Kier alpha value is -2.96. The number of nitrogens with two attached hydrogens (primary N) is 1. The highest BCUT2D eigenvalue weighted by Gasteiger charge is 2.53. The molecular weight excluding hydrogens is 386 g/mol. The zero-order valence-corrected chi connectivity index (χ0v) is 18.0. The Bertz CT molecular complexity index is 987. The molecule has 0 radical (unpaired) electrons. The molecule has 0 saturated heterocycles. The fourth-order valence-corrected chi connectivity index (χ4v) is 3.87. The molecule has 1 aliphatic rings. The van der Waals surface area contributed by atoms with E-state index in [9.17, 15) is 13.6 Å². The van der Waals surface area contributed by atoms with E-state index in [4.69, 9.17) is 5.73 Å². The standard InChI is InChI=1S/C23H28F2N4O/c1-14(12-15-6-8-16(24)9-7-15)27-17-10-11-19(25)18(13-17)23(4)22(2,3)20(30)29(5)21(26)28-23/h6-11,13-14,27H,12H2,1-5H3,(H2,26,28). The Labute approximate surface area is 176 Å². The van der Waals surface area contributed by atoms with Gasteiger partial charge in [-0.15, -0.1) is 0 Å². The van der Waals surface area contributed by atoms with Crippen molar-refractivity contribution in [1.29, 1.82) is 0 Å². The van der Waals surface area contributed by atoms with Crippen LogP contribution in [0.15, 0.2) is 47.5 Å². The van der Waals surface area contributed by atoms with Gasteiger partial charge in [-0.05, 0) is 70.0 Å². The molecule has 0 bridgehead atoms. The molecule has 3 rings (SSSR count). The molecule has 0 fully saturated rings.